The summed E-state index contributed by atoms with van der Waals surface area (Å²) in [6, 6.07) is 8.48. The average Bonchev–Trinajstić information content (AvgIpc) is 2.91. The lowest BCUT2D eigenvalue weighted by molar-refractivity contribution is 0.185. The zero-order valence-corrected chi connectivity index (χ0v) is 15.1. The quantitative estimate of drug-likeness (QED) is 0.872. The number of hydrogen-bond acceptors (Lipinski definition) is 2. The van der Waals surface area contributed by atoms with E-state index in [1.54, 1.807) is 0 Å². The van der Waals surface area contributed by atoms with Crippen molar-refractivity contribution in [3.63, 3.8) is 0 Å². The molecule has 0 atom stereocenters. The molecule has 24 heavy (non-hydrogen) atoms. The largest absolute Gasteiger partial charge is 0.338 e. The van der Waals surface area contributed by atoms with Gasteiger partial charge in [-0.15, -0.1) is 0 Å². The number of nitrogens with one attached hydrogen (secondary N) is 2. The van der Waals surface area contributed by atoms with Crippen molar-refractivity contribution in [2.24, 2.45) is 5.92 Å². The lowest BCUT2D eigenvalue weighted by atomic mass is 9.93. The van der Waals surface area contributed by atoms with Crippen molar-refractivity contribution in [2.75, 3.05) is 26.2 Å². The number of urea groups is 1. The molecule has 2 amide bonds. The standard InChI is InChI=1S/C20H31N3O/c1-3-23-12-9-16(10-13-23)8-11-21-19(24)22-20(2)14-17-6-4-5-7-18(17)15-20/h4-7,16H,3,8-15H2,1-2H3,(H2,21,22,24). The average molecular weight is 329 g/mol. The molecule has 1 aromatic rings. The molecule has 2 N–H and O–H groups in total. The third kappa shape index (κ3) is 4.29. The third-order valence-electron chi connectivity index (χ3n) is 5.69. The van der Waals surface area contributed by atoms with Gasteiger partial charge in [-0.05, 0) is 75.7 Å². The Hall–Kier alpha value is -1.55. The minimum Gasteiger partial charge on any atom is -0.338 e. The Kier molecular flexibility index (Phi) is 5.44. The van der Waals surface area contributed by atoms with Crippen LogP contribution >= 0.6 is 0 Å². The molecule has 1 heterocycles. The van der Waals surface area contributed by atoms with Gasteiger partial charge in [0.25, 0.3) is 0 Å². The van der Waals surface area contributed by atoms with Crippen molar-refractivity contribution < 1.29 is 4.79 Å². The monoisotopic (exact) mass is 329 g/mol. The van der Waals surface area contributed by atoms with E-state index < -0.39 is 0 Å². The Labute approximate surface area is 146 Å². The van der Waals surface area contributed by atoms with E-state index in [0.29, 0.717) is 0 Å². The Bertz CT molecular complexity index is 539. The molecule has 1 fully saturated rings. The molecular formula is C20H31N3O. The maximum absolute atomic E-state index is 12.3. The summed E-state index contributed by atoms with van der Waals surface area (Å²) in [7, 11) is 0. The van der Waals surface area contributed by atoms with Crippen LogP contribution in [0.4, 0.5) is 4.79 Å². The van der Waals surface area contributed by atoms with Crippen LogP contribution < -0.4 is 10.6 Å². The van der Waals surface area contributed by atoms with Gasteiger partial charge < -0.3 is 15.5 Å². The number of carbonyl (C=O) groups is 1. The Morgan fingerprint density at radius 3 is 2.42 bits per heavy atom. The predicted molar refractivity (Wildman–Crippen MR) is 98.2 cm³/mol. The molecule has 4 nitrogen and oxygen atoms in total. The molecule has 0 saturated carbocycles. The number of hydrogen-bond donors (Lipinski definition) is 2. The smallest absolute Gasteiger partial charge is 0.315 e. The molecule has 1 aliphatic carbocycles. The second kappa shape index (κ2) is 7.56. The number of piperidine rings is 1. The highest BCUT2D eigenvalue weighted by molar-refractivity contribution is 5.75. The van der Waals surface area contributed by atoms with E-state index >= 15 is 0 Å². The SMILES string of the molecule is CCN1CCC(CCNC(=O)NC2(C)Cc3ccccc3C2)CC1. The number of fused-ring (bicyclic) bond motifs is 1. The van der Waals surface area contributed by atoms with Crippen molar-refractivity contribution in [1.29, 1.82) is 0 Å². The minimum absolute atomic E-state index is 0.0173. The van der Waals surface area contributed by atoms with Crippen molar-refractivity contribution >= 4 is 6.03 Å². The summed E-state index contributed by atoms with van der Waals surface area (Å²) in [5.41, 5.74) is 2.58. The number of amides is 2. The maximum Gasteiger partial charge on any atom is 0.315 e. The van der Waals surface area contributed by atoms with Gasteiger partial charge in [-0.3, -0.25) is 0 Å². The van der Waals surface area contributed by atoms with E-state index in [1.807, 2.05) is 0 Å². The third-order valence-corrected chi connectivity index (χ3v) is 5.69. The van der Waals surface area contributed by atoms with Crippen molar-refractivity contribution in [3.05, 3.63) is 35.4 Å². The van der Waals surface area contributed by atoms with E-state index in [9.17, 15) is 4.79 Å². The van der Waals surface area contributed by atoms with Crippen LogP contribution in [-0.2, 0) is 12.8 Å². The highest BCUT2D eigenvalue weighted by atomic mass is 16.2. The molecule has 3 rings (SSSR count). The fourth-order valence-electron chi connectivity index (χ4n) is 4.19. The lowest BCUT2D eigenvalue weighted by Gasteiger charge is -2.31. The molecule has 0 aromatic heterocycles. The summed E-state index contributed by atoms with van der Waals surface area (Å²) in [5.74, 6) is 0.763. The van der Waals surface area contributed by atoms with Gasteiger partial charge in [-0.2, -0.15) is 0 Å². The molecule has 0 bridgehead atoms. The van der Waals surface area contributed by atoms with Crippen molar-refractivity contribution in [2.45, 2.75) is 51.5 Å². The molecule has 2 aliphatic rings. The zero-order valence-electron chi connectivity index (χ0n) is 15.1. The van der Waals surface area contributed by atoms with Gasteiger partial charge in [-0.1, -0.05) is 31.2 Å². The van der Waals surface area contributed by atoms with Crippen LogP contribution in [0.3, 0.4) is 0 Å². The van der Waals surface area contributed by atoms with E-state index in [-0.39, 0.29) is 11.6 Å². The number of rotatable bonds is 5. The van der Waals surface area contributed by atoms with Gasteiger partial charge in [0.15, 0.2) is 0 Å². The van der Waals surface area contributed by atoms with Crippen LogP contribution in [0.2, 0.25) is 0 Å². The first-order valence-electron chi connectivity index (χ1n) is 9.43. The summed E-state index contributed by atoms with van der Waals surface area (Å²) in [6.07, 6.45) is 5.48. The Morgan fingerprint density at radius 2 is 1.83 bits per heavy atom. The molecule has 132 valence electrons. The minimum atomic E-state index is -0.153. The van der Waals surface area contributed by atoms with Crippen LogP contribution in [0, 0.1) is 5.92 Å². The fraction of sp³-hybridized carbons (Fsp3) is 0.650. The fourth-order valence-corrected chi connectivity index (χ4v) is 4.19. The maximum atomic E-state index is 12.3. The molecule has 0 spiro atoms. The van der Waals surface area contributed by atoms with Crippen molar-refractivity contribution in [3.8, 4) is 0 Å². The number of benzene rings is 1. The van der Waals surface area contributed by atoms with E-state index in [0.717, 1.165) is 38.3 Å². The summed E-state index contributed by atoms with van der Waals surface area (Å²) < 4.78 is 0. The molecule has 1 saturated heterocycles. The molecule has 1 aliphatic heterocycles. The van der Waals surface area contributed by atoms with E-state index in [2.05, 4.69) is 53.6 Å². The van der Waals surface area contributed by atoms with Gasteiger partial charge in [0.1, 0.15) is 0 Å². The van der Waals surface area contributed by atoms with Gasteiger partial charge in [0.2, 0.25) is 0 Å². The molecule has 1 aromatic carbocycles. The van der Waals surface area contributed by atoms with Gasteiger partial charge in [0.05, 0.1) is 0 Å². The summed E-state index contributed by atoms with van der Waals surface area (Å²) in [4.78, 5) is 14.8. The first-order chi connectivity index (χ1) is 11.6. The van der Waals surface area contributed by atoms with Crippen LogP contribution in [0.15, 0.2) is 24.3 Å². The highest BCUT2D eigenvalue weighted by Gasteiger charge is 2.33. The van der Waals surface area contributed by atoms with E-state index in [4.69, 9.17) is 0 Å². The topological polar surface area (TPSA) is 44.4 Å². The second-order valence-electron chi connectivity index (χ2n) is 7.73. The molecule has 4 heteroatoms. The van der Waals surface area contributed by atoms with Crippen LogP contribution in [0.25, 0.3) is 0 Å². The first-order valence-corrected chi connectivity index (χ1v) is 9.43. The zero-order chi connectivity index (χ0) is 17.0. The summed E-state index contributed by atoms with van der Waals surface area (Å²) in [5, 5.41) is 6.27. The summed E-state index contributed by atoms with van der Waals surface area (Å²) in [6.45, 7) is 8.74. The van der Waals surface area contributed by atoms with Crippen LogP contribution in [0.1, 0.15) is 44.2 Å². The second-order valence-corrected chi connectivity index (χ2v) is 7.73. The van der Waals surface area contributed by atoms with Gasteiger partial charge >= 0.3 is 6.03 Å². The normalized spacial score (nSPS) is 20.6. The van der Waals surface area contributed by atoms with Crippen molar-refractivity contribution in [1.82, 2.24) is 15.5 Å². The molecule has 0 radical (unpaired) electrons. The molecule has 0 unspecified atom stereocenters. The predicted octanol–water partition coefficient (Wildman–Crippen LogP) is 2.97. The number of likely N-dealkylation sites (tertiary alicyclic amines) is 1. The van der Waals surface area contributed by atoms with Gasteiger partial charge in [0, 0.05) is 12.1 Å². The van der Waals surface area contributed by atoms with Gasteiger partial charge in [-0.25, -0.2) is 4.79 Å². The van der Waals surface area contributed by atoms with E-state index in [1.165, 1.54) is 37.1 Å². The lowest BCUT2D eigenvalue weighted by Crippen LogP contribution is -2.51. The van der Waals surface area contributed by atoms with Crippen LogP contribution in [-0.4, -0.2) is 42.6 Å². The summed E-state index contributed by atoms with van der Waals surface area (Å²) >= 11 is 0. The Morgan fingerprint density at radius 1 is 1.21 bits per heavy atom. The first kappa shape index (κ1) is 17.3. The highest BCUT2D eigenvalue weighted by Crippen LogP contribution is 2.29. The van der Waals surface area contributed by atoms with Crippen LogP contribution in [0.5, 0.6) is 0 Å². The Balaban J connectivity index is 1.38. The number of carbonyl (C=O) groups excluding carboxylic acids is 1. The molecular weight excluding hydrogens is 298 g/mol. The number of nitrogens with zero attached hydrogens (tertiary/aromatic N) is 1.